The smallest absolute Gasteiger partial charge is 0.222 e. The summed E-state index contributed by atoms with van der Waals surface area (Å²) in [5, 5.41) is 0.559. The van der Waals surface area contributed by atoms with Gasteiger partial charge in [-0.3, -0.25) is 0 Å². The molecule has 0 amide bonds. The lowest BCUT2D eigenvalue weighted by Crippen LogP contribution is -2.32. The number of aryl methyl sites for hydroxylation is 1. The maximum atomic E-state index is 13.4. The van der Waals surface area contributed by atoms with Crippen LogP contribution in [0.1, 0.15) is 16.4 Å². The van der Waals surface area contributed by atoms with Gasteiger partial charge in [0.25, 0.3) is 0 Å². The molecule has 0 radical (unpaired) electrons. The predicted molar refractivity (Wildman–Crippen MR) is 107 cm³/mol. The van der Waals surface area contributed by atoms with Crippen molar-refractivity contribution in [3.63, 3.8) is 0 Å². The van der Waals surface area contributed by atoms with Gasteiger partial charge in [-0.05, 0) is 47.7 Å². The minimum Gasteiger partial charge on any atom is -0.222 e. The van der Waals surface area contributed by atoms with Gasteiger partial charge >= 0.3 is 0 Å². The molecule has 0 saturated heterocycles. The summed E-state index contributed by atoms with van der Waals surface area (Å²) < 4.78 is 67.4. The molecule has 0 bridgehead atoms. The van der Waals surface area contributed by atoms with Gasteiger partial charge in [-0.1, -0.05) is 36.4 Å². The highest BCUT2D eigenvalue weighted by Crippen LogP contribution is 2.31. The maximum Gasteiger partial charge on any atom is 0.240 e. The molecule has 9 heteroatoms. The number of hydrogen-bond donors (Lipinski definition) is 1. The van der Waals surface area contributed by atoms with E-state index < -0.39 is 30.9 Å². The quantitative estimate of drug-likeness (QED) is 0.609. The average molecular weight is 440 g/mol. The molecule has 1 atom stereocenters. The number of sulfonamides is 1. The largest absolute Gasteiger partial charge is 0.240 e. The first-order valence-corrected chi connectivity index (χ1v) is 12.2. The second-order valence-electron chi connectivity index (χ2n) is 6.14. The van der Waals surface area contributed by atoms with E-state index in [0.29, 0.717) is 5.56 Å². The molecule has 3 rings (SSSR count). The summed E-state index contributed by atoms with van der Waals surface area (Å²) in [4.78, 5) is -0.119. The Morgan fingerprint density at radius 3 is 2.32 bits per heavy atom. The van der Waals surface area contributed by atoms with Crippen molar-refractivity contribution in [1.29, 1.82) is 0 Å². The van der Waals surface area contributed by atoms with E-state index in [9.17, 15) is 21.2 Å². The molecular formula is C19H18FNO4S3. The van der Waals surface area contributed by atoms with Crippen LogP contribution in [0.25, 0.3) is 0 Å². The summed E-state index contributed by atoms with van der Waals surface area (Å²) in [5.74, 6) is -0.513. The molecule has 0 aliphatic heterocycles. The SMILES string of the molecule is Cc1cc(S(=O)(=O)NC[C@@H](c2ccccc2)S(=O)(=O)c2cccs2)ccc1F. The normalized spacial score (nSPS) is 13.4. The van der Waals surface area contributed by atoms with Crippen molar-refractivity contribution < 1.29 is 21.2 Å². The van der Waals surface area contributed by atoms with Gasteiger partial charge < -0.3 is 0 Å². The van der Waals surface area contributed by atoms with Gasteiger partial charge in [0, 0.05) is 6.54 Å². The molecule has 1 N–H and O–H groups in total. The van der Waals surface area contributed by atoms with E-state index in [1.165, 1.54) is 19.1 Å². The third-order valence-electron chi connectivity index (χ3n) is 4.22. The lowest BCUT2D eigenvalue weighted by molar-refractivity contribution is 0.569. The van der Waals surface area contributed by atoms with Crippen LogP contribution in [-0.2, 0) is 19.9 Å². The number of rotatable bonds is 7. The first kappa shape index (κ1) is 20.7. The molecule has 148 valence electrons. The number of sulfone groups is 1. The monoisotopic (exact) mass is 439 g/mol. The highest BCUT2D eigenvalue weighted by Gasteiger charge is 2.31. The van der Waals surface area contributed by atoms with Crippen molar-refractivity contribution in [3.8, 4) is 0 Å². The number of halogens is 1. The van der Waals surface area contributed by atoms with Gasteiger partial charge in [0.1, 0.15) is 15.3 Å². The van der Waals surface area contributed by atoms with Crippen LogP contribution in [0.2, 0.25) is 0 Å². The molecule has 0 aliphatic rings. The Morgan fingerprint density at radius 1 is 1.00 bits per heavy atom. The number of thiophene rings is 1. The van der Waals surface area contributed by atoms with Crippen molar-refractivity contribution >= 4 is 31.2 Å². The van der Waals surface area contributed by atoms with Crippen LogP contribution in [0.5, 0.6) is 0 Å². The van der Waals surface area contributed by atoms with E-state index >= 15 is 0 Å². The fourth-order valence-corrected chi connectivity index (χ4v) is 6.80. The minimum atomic E-state index is -4.01. The Morgan fingerprint density at radius 2 is 1.71 bits per heavy atom. The number of benzene rings is 2. The van der Waals surface area contributed by atoms with Gasteiger partial charge in [-0.2, -0.15) is 0 Å². The third kappa shape index (κ3) is 4.33. The van der Waals surface area contributed by atoms with Crippen molar-refractivity contribution in [1.82, 2.24) is 4.72 Å². The molecule has 5 nitrogen and oxygen atoms in total. The van der Waals surface area contributed by atoms with Crippen LogP contribution in [0.3, 0.4) is 0 Å². The van der Waals surface area contributed by atoms with Crippen LogP contribution >= 0.6 is 11.3 Å². The van der Waals surface area contributed by atoms with Crippen molar-refractivity contribution in [2.24, 2.45) is 0 Å². The minimum absolute atomic E-state index is 0.119. The second kappa shape index (κ2) is 8.12. The van der Waals surface area contributed by atoms with Gasteiger partial charge in [-0.15, -0.1) is 11.3 Å². The summed E-state index contributed by atoms with van der Waals surface area (Å²) in [6.45, 7) is 1.12. The van der Waals surface area contributed by atoms with E-state index in [1.54, 1.807) is 41.8 Å². The Bertz CT molecular complexity index is 1160. The fraction of sp³-hybridized carbons (Fsp3) is 0.158. The summed E-state index contributed by atoms with van der Waals surface area (Å²) in [6, 6.07) is 15.0. The molecule has 2 aromatic carbocycles. The Hall–Kier alpha value is -2.07. The lowest BCUT2D eigenvalue weighted by Gasteiger charge is -2.18. The van der Waals surface area contributed by atoms with Crippen LogP contribution in [-0.4, -0.2) is 23.4 Å². The molecule has 0 saturated carbocycles. The summed E-state index contributed by atoms with van der Waals surface area (Å²) in [5.41, 5.74) is 0.669. The molecule has 1 aromatic heterocycles. The van der Waals surface area contributed by atoms with Crippen LogP contribution in [0, 0.1) is 12.7 Å². The third-order valence-corrected chi connectivity index (χ3v) is 9.17. The molecule has 28 heavy (non-hydrogen) atoms. The highest BCUT2D eigenvalue weighted by atomic mass is 32.2. The van der Waals surface area contributed by atoms with Gasteiger partial charge in [0.15, 0.2) is 9.84 Å². The number of hydrogen-bond acceptors (Lipinski definition) is 5. The van der Waals surface area contributed by atoms with E-state index in [0.717, 1.165) is 23.5 Å². The summed E-state index contributed by atoms with van der Waals surface area (Å²) >= 11 is 1.08. The highest BCUT2D eigenvalue weighted by molar-refractivity contribution is 7.93. The molecular weight excluding hydrogens is 421 g/mol. The first-order chi connectivity index (χ1) is 13.2. The Labute approximate surface area is 167 Å². The van der Waals surface area contributed by atoms with E-state index in [4.69, 9.17) is 0 Å². The zero-order chi connectivity index (χ0) is 20.4. The molecule has 1 heterocycles. The number of nitrogens with one attached hydrogen (secondary N) is 1. The standard InChI is InChI=1S/C19H18FNO4S3/c1-14-12-16(9-10-17(14)20)28(24,25)21-13-18(15-6-3-2-4-7-15)27(22,23)19-8-5-11-26-19/h2-12,18,21H,13H2,1H3/t18-/m0/s1. The van der Waals surface area contributed by atoms with Crippen molar-refractivity contribution in [2.45, 2.75) is 21.3 Å². The van der Waals surface area contributed by atoms with E-state index in [1.807, 2.05) is 0 Å². The van der Waals surface area contributed by atoms with Crippen LogP contribution < -0.4 is 4.72 Å². The molecule has 3 aromatic rings. The fourth-order valence-electron chi connectivity index (χ4n) is 2.69. The summed E-state index contributed by atoms with van der Waals surface area (Å²) in [6.07, 6.45) is 0. The van der Waals surface area contributed by atoms with Gasteiger partial charge in [0.2, 0.25) is 10.0 Å². The maximum absolute atomic E-state index is 13.4. The lowest BCUT2D eigenvalue weighted by atomic mass is 10.1. The molecule has 0 aliphatic carbocycles. The summed E-state index contributed by atoms with van der Waals surface area (Å²) in [7, 11) is -7.81. The van der Waals surface area contributed by atoms with Crippen LogP contribution in [0.15, 0.2) is 75.1 Å². The van der Waals surface area contributed by atoms with E-state index in [2.05, 4.69) is 4.72 Å². The predicted octanol–water partition coefficient (Wildman–Crippen LogP) is 3.69. The zero-order valence-electron chi connectivity index (χ0n) is 14.9. The second-order valence-corrected chi connectivity index (χ2v) is 11.2. The molecule has 0 unspecified atom stereocenters. The topological polar surface area (TPSA) is 80.3 Å². The van der Waals surface area contributed by atoms with Crippen LogP contribution in [0.4, 0.5) is 4.39 Å². The Balaban J connectivity index is 1.93. The van der Waals surface area contributed by atoms with Gasteiger partial charge in [0.05, 0.1) is 4.90 Å². The van der Waals surface area contributed by atoms with Crippen molar-refractivity contribution in [2.75, 3.05) is 6.54 Å². The zero-order valence-corrected chi connectivity index (χ0v) is 17.3. The Kier molecular flexibility index (Phi) is 5.99. The molecule has 0 fully saturated rings. The average Bonchev–Trinajstić information content (AvgIpc) is 3.20. The molecule has 0 spiro atoms. The van der Waals surface area contributed by atoms with Crippen molar-refractivity contribution in [3.05, 3.63) is 83.0 Å². The van der Waals surface area contributed by atoms with Gasteiger partial charge in [-0.25, -0.2) is 25.9 Å². The van der Waals surface area contributed by atoms with E-state index in [-0.39, 0.29) is 21.2 Å². The first-order valence-electron chi connectivity index (χ1n) is 8.30.